The smallest absolute Gasteiger partial charge is 0.124 e. The van der Waals surface area contributed by atoms with Crippen LogP contribution in [0.25, 0.3) is 16.7 Å². The Balaban J connectivity index is 2.21. The summed E-state index contributed by atoms with van der Waals surface area (Å²) in [7, 11) is 0. The van der Waals surface area contributed by atoms with Crippen LogP contribution in [0.3, 0.4) is 0 Å². The van der Waals surface area contributed by atoms with Crippen LogP contribution >= 0.6 is 0 Å². The van der Waals surface area contributed by atoms with Gasteiger partial charge in [0, 0.05) is 0 Å². The molecule has 18 heavy (non-hydrogen) atoms. The summed E-state index contributed by atoms with van der Waals surface area (Å²) in [5.41, 5.74) is 4.89. The van der Waals surface area contributed by atoms with E-state index in [9.17, 15) is 0 Å². The predicted octanol–water partition coefficient (Wildman–Crippen LogP) is 3.66. The van der Waals surface area contributed by atoms with E-state index in [0.717, 1.165) is 11.3 Å². The zero-order valence-electron chi connectivity index (χ0n) is 10.5. The zero-order chi connectivity index (χ0) is 12.3. The van der Waals surface area contributed by atoms with Gasteiger partial charge in [-0.25, -0.2) is 4.98 Å². The second kappa shape index (κ2) is 3.02. The molecule has 0 radical (unpaired) electrons. The predicted molar refractivity (Wildman–Crippen MR) is 73.2 cm³/mol. The van der Waals surface area contributed by atoms with Crippen molar-refractivity contribution in [2.24, 2.45) is 0 Å². The fraction of sp³-hybridized carbons (Fsp3) is 0.188. The lowest BCUT2D eigenvalue weighted by Crippen LogP contribution is -2.16. The molecular formula is C16H14N2. The van der Waals surface area contributed by atoms with E-state index < -0.39 is 0 Å². The first-order valence-corrected chi connectivity index (χ1v) is 6.27. The van der Waals surface area contributed by atoms with Gasteiger partial charge in [0.25, 0.3) is 0 Å². The third-order valence-corrected chi connectivity index (χ3v) is 3.94. The van der Waals surface area contributed by atoms with Crippen LogP contribution in [0.5, 0.6) is 0 Å². The van der Waals surface area contributed by atoms with Gasteiger partial charge in [-0.05, 0) is 37.6 Å². The van der Waals surface area contributed by atoms with Gasteiger partial charge in [-0.3, -0.25) is 4.57 Å². The highest BCUT2D eigenvalue weighted by Gasteiger charge is 2.38. The van der Waals surface area contributed by atoms with Gasteiger partial charge in [-0.15, -0.1) is 0 Å². The molecule has 1 aliphatic rings. The molecule has 0 amide bonds. The first kappa shape index (κ1) is 9.89. The highest BCUT2D eigenvalue weighted by atomic mass is 15.1. The number of benzene rings is 2. The Morgan fingerprint density at radius 1 is 0.944 bits per heavy atom. The maximum absolute atomic E-state index is 4.82. The lowest BCUT2D eigenvalue weighted by molar-refractivity contribution is 0.621. The lowest BCUT2D eigenvalue weighted by Gasteiger charge is -2.17. The Bertz CT molecular complexity index is 766. The van der Waals surface area contributed by atoms with Crippen molar-refractivity contribution in [3.05, 3.63) is 59.9 Å². The van der Waals surface area contributed by atoms with Gasteiger partial charge in [0.1, 0.15) is 5.82 Å². The summed E-state index contributed by atoms with van der Waals surface area (Å²) in [5, 5.41) is 0. The fourth-order valence-electron chi connectivity index (χ4n) is 3.01. The summed E-state index contributed by atoms with van der Waals surface area (Å²) in [6.45, 7) is 4.49. The summed E-state index contributed by atoms with van der Waals surface area (Å²) in [4.78, 5) is 4.82. The number of nitrogens with zero attached hydrogens (tertiary/aromatic N) is 2. The van der Waals surface area contributed by atoms with Crippen LogP contribution in [0.15, 0.2) is 48.5 Å². The molecule has 1 aromatic heterocycles. The fourth-order valence-corrected chi connectivity index (χ4v) is 3.01. The minimum absolute atomic E-state index is 0.0182. The van der Waals surface area contributed by atoms with E-state index in [2.05, 4.69) is 60.9 Å². The Labute approximate surface area is 106 Å². The third-order valence-electron chi connectivity index (χ3n) is 3.94. The topological polar surface area (TPSA) is 17.8 Å². The van der Waals surface area contributed by atoms with Crippen LogP contribution in [-0.4, -0.2) is 9.55 Å². The number of hydrogen-bond donors (Lipinski definition) is 0. The highest BCUT2D eigenvalue weighted by Crippen LogP contribution is 2.43. The van der Waals surface area contributed by atoms with Crippen molar-refractivity contribution < 1.29 is 0 Å². The SMILES string of the molecule is CC1(C)c2ccccc2-n2c1nc1ccccc12. The van der Waals surface area contributed by atoms with Gasteiger partial charge in [0.15, 0.2) is 0 Å². The molecule has 1 aliphatic heterocycles. The molecule has 0 atom stereocenters. The quantitative estimate of drug-likeness (QED) is 0.580. The van der Waals surface area contributed by atoms with Crippen LogP contribution in [0.2, 0.25) is 0 Å². The second-order valence-corrected chi connectivity index (χ2v) is 5.40. The number of para-hydroxylation sites is 3. The Hall–Kier alpha value is -2.09. The molecule has 0 aliphatic carbocycles. The molecule has 2 heteroatoms. The number of fused-ring (bicyclic) bond motifs is 5. The second-order valence-electron chi connectivity index (χ2n) is 5.40. The number of aromatic nitrogens is 2. The van der Waals surface area contributed by atoms with Crippen molar-refractivity contribution in [3.63, 3.8) is 0 Å². The van der Waals surface area contributed by atoms with Crippen molar-refractivity contribution in [1.29, 1.82) is 0 Å². The molecule has 88 valence electrons. The van der Waals surface area contributed by atoms with E-state index in [-0.39, 0.29) is 5.41 Å². The molecule has 0 spiro atoms. The summed E-state index contributed by atoms with van der Waals surface area (Å²) in [6, 6.07) is 16.9. The van der Waals surface area contributed by atoms with E-state index in [1.54, 1.807) is 0 Å². The normalized spacial score (nSPS) is 15.7. The molecule has 0 bridgehead atoms. The van der Waals surface area contributed by atoms with Crippen LogP contribution in [-0.2, 0) is 5.41 Å². The van der Waals surface area contributed by atoms with Crippen molar-refractivity contribution in [2.45, 2.75) is 19.3 Å². The lowest BCUT2D eigenvalue weighted by atomic mass is 9.86. The summed E-state index contributed by atoms with van der Waals surface area (Å²) >= 11 is 0. The van der Waals surface area contributed by atoms with Crippen molar-refractivity contribution in [2.75, 3.05) is 0 Å². The zero-order valence-corrected chi connectivity index (χ0v) is 10.5. The molecule has 0 fully saturated rings. The standard InChI is InChI=1S/C16H14N2/c1-16(2)11-7-3-5-9-13(11)18-14-10-6-4-8-12(14)17-15(16)18/h3-10H,1-2H3. The van der Waals surface area contributed by atoms with E-state index in [0.29, 0.717) is 0 Å². The molecule has 0 N–H and O–H groups in total. The molecule has 2 heterocycles. The molecule has 0 saturated heterocycles. The van der Waals surface area contributed by atoms with E-state index >= 15 is 0 Å². The Morgan fingerprint density at radius 2 is 1.67 bits per heavy atom. The maximum Gasteiger partial charge on any atom is 0.124 e. The van der Waals surface area contributed by atoms with Crippen LogP contribution in [0, 0.1) is 0 Å². The van der Waals surface area contributed by atoms with E-state index in [1.165, 1.54) is 16.8 Å². The molecule has 0 unspecified atom stereocenters. The molecule has 4 rings (SSSR count). The third kappa shape index (κ3) is 1.01. The largest absolute Gasteiger partial charge is 0.295 e. The van der Waals surface area contributed by atoms with E-state index in [1.807, 2.05) is 6.07 Å². The Kier molecular flexibility index (Phi) is 1.66. The summed E-state index contributed by atoms with van der Waals surface area (Å²) < 4.78 is 2.30. The number of imidazole rings is 1. The van der Waals surface area contributed by atoms with Gasteiger partial charge in [0.2, 0.25) is 0 Å². The van der Waals surface area contributed by atoms with Gasteiger partial charge < -0.3 is 0 Å². The first-order valence-electron chi connectivity index (χ1n) is 6.27. The minimum atomic E-state index is -0.0182. The van der Waals surface area contributed by atoms with Crippen LogP contribution in [0.1, 0.15) is 25.2 Å². The van der Waals surface area contributed by atoms with Gasteiger partial charge in [-0.1, -0.05) is 30.3 Å². The molecule has 2 aromatic carbocycles. The average molecular weight is 234 g/mol. The van der Waals surface area contributed by atoms with Gasteiger partial charge in [0.05, 0.1) is 22.1 Å². The molecular weight excluding hydrogens is 220 g/mol. The molecule has 0 saturated carbocycles. The van der Waals surface area contributed by atoms with Gasteiger partial charge >= 0.3 is 0 Å². The Morgan fingerprint density at radius 3 is 2.56 bits per heavy atom. The van der Waals surface area contributed by atoms with E-state index in [4.69, 9.17) is 4.98 Å². The van der Waals surface area contributed by atoms with Crippen molar-refractivity contribution in [3.8, 4) is 5.69 Å². The van der Waals surface area contributed by atoms with Crippen molar-refractivity contribution in [1.82, 2.24) is 9.55 Å². The van der Waals surface area contributed by atoms with Crippen LogP contribution < -0.4 is 0 Å². The molecule has 2 nitrogen and oxygen atoms in total. The first-order chi connectivity index (χ1) is 8.69. The minimum Gasteiger partial charge on any atom is -0.295 e. The number of rotatable bonds is 0. The highest BCUT2D eigenvalue weighted by molar-refractivity contribution is 5.81. The maximum atomic E-state index is 4.82. The summed E-state index contributed by atoms with van der Waals surface area (Å²) in [6.07, 6.45) is 0. The van der Waals surface area contributed by atoms with Crippen LogP contribution in [0.4, 0.5) is 0 Å². The molecule has 3 aromatic rings. The monoisotopic (exact) mass is 234 g/mol. The van der Waals surface area contributed by atoms with Crippen molar-refractivity contribution >= 4 is 11.0 Å². The number of hydrogen-bond acceptors (Lipinski definition) is 1. The average Bonchev–Trinajstić information content (AvgIpc) is 2.87. The van der Waals surface area contributed by atoms with Gasteiger partial charge in [-0.2, -0.15) is 0 Å². The summed E-state index contributed by atoms with van der Waals surface area (Å²) in [5.74, 6) is 1.14.